The van der Waals surface area contributed by atoms with E-state index in [-0.39, 0.29) is 11.4 Å². The first-order valence-corrected chi connectivity index (χ1v) is 11.6. The molecule has 0 aliphatic heterocycles. The molecule has 3 aromatic rings. The molecule has 4 aliphatic rings. The molecule has 4 bridgehead atoms. The summed E-state index contributed by atoms with van der Waals surface area (Å²) in [5.41, 5.74) is 5.45. The third kappa shape index (κ3) is 3.00. The molecule has 0 radical (unpaired) electrons. The van der Waals surface area contributed by atoms with E-state index in [4.69, 9.17) is 4.98 Å². The molecule has 1 aromatic carbocycles. The number of fused-ring (bicyclic) bond motifs is 1. The molecule has 0 unspecified atom stereocenters. The number of amides is 1. The molecule has 5 heteroatoms. The van der Waals surface area contributed by atoms with E-state index in [0.717, 1.165) is 76.1 Å². The van der Waals surface area contributed by atoms with Crippen LogP contribution >= 0.6 is 0 Å². The van der Waals surface area contributed by atoms with Crippen molar-refractivity contribution in [1.29, 1.82) is 0 Å². The Balaban J connectivity index is 1.43. The number of carbonyl (C=O) groups excluding carboxylic acids is 1. The Morgan fingerprint density at radius 1 is 1.06 bits per heavy atom. The Bertz CT molecular complexity index is 1170. The van der Waals surface area contributed by atoms with Gasteiger partial charge in [0.2, 0.25) is 0 Å². The average molecular weight is 415 g/mol. The molecule has 31 heavy (non-hydrogen) atoms. The second kappa shape index (κ2) is 6.65. The van der Waals surface area contributed by atoms with Crippen LogP contribution in [0.25, 0.3) is 22.2 Å². The lowest BCUT2D eigenvalue weighted by molar-refractivity contribution is -0.0166. The van der Waals surface area contributed by atoms with Gasteiger partial charge in [0.05, 0.1) is 22.5 Å². The summed E-state index contributed by atoms with van der Waals surface area (Å²) in [5.74, 6) is 2.46. The molecule has 7 rings (SSSR count). The van der Waals surface area contributed by atoms with Crippen LogP contribution in [0.4, 0.5) is 0 Å². The van der Waals surface area contributed by atoms with Gasteiger partial charge >= 0.3 is 0 Å². The first-order valence-electron chi connectivity index (χ1n) is 11.6. The Morgan fingerprint density at radius 3 is 2.32 bits per heavy atom. The maximum Gasteiger partial charge on any atom is 0.252 e. The fourth-order valence-corrected chi connectivity index (χ4v) is 7.21. The highest BCUT2D eigenvalue weighted by Gasteiger charge is 2.51. The summed E-state index contributed by atoms with van der Waals surface area (Å²) in [4.78, 5) is 18.7. The Kier molecular flexibility index (Phi) is 4.08. The minimum absolute atomic E-state index is 0.00347. The highest BCUT2D eigenvalue weighted by Crippen LogP contribution is 2.55. The van der Waals surface area contributed by atoms with E-state index < -0.39 is 0 Å². The molecule has 4 saturated carbocycles. The molecule has 4 aliphatic carbocycles. The molecule has 0 atom stereocenters. The van der Waals surface area contributed by atoms with Crippen LogP contribution in [0.3, 0.4) is 0 Å². The maximum atomic E-state index is 13.7. The number of carbonyl (C=O) groups is 1. The fourth-order valence-electron chi connectivity index (χ4n) is 7.21. The van der Waals surface area contributed by atoms with Gasteiger partial charge in [0.15, 0.2) is 0 Å². The van der Waals surface area contributed by atoms with Gasteiger partial charge in [-0.15, -0.1) is 0 Å². The fraction of sp³-hybridized carbons (Fsp3) is 0.500. The summed E-state index contributed by atoms with van der Waals surface area (Å²) in [6.45, 7) is 4.07. The Hall–Kier alpha value is -2.69. The van der Waals surface area contributed by atoms with E-state index in [9.17, 15) is 4.79 Å². The normalized spacial score (nSPS) is 28.9. The first-order chi connectivity index (χ1) is 14.9. The van der Waals surface area contributed by atoms with Crippen molar-refractivity contribution in [3.05, 3.63) is 47.3 Å². The molecule has 5 nitrogen and oxygen atoms in total. The van der Waals surface area contributed by atoms with E-state index in [2.05, 4.69) is 17.3 Å². The lowest BCUT2D eigenvalue weighted by Crippen LogP contribution is -2.59. The van der Waals surface area contributed by atoms with Crippen molar-refractivity contribution in [2.24, 2.45) is 24.8 Å². The number of benzene rings is 1. The average Bonchev–Trinajstić information content (AvgIpc) is 2.97. The molecule has 0 spiro atoms. The minimum Gasteiger partial charge on any atom is -0.347 e. The number of hydrogen-bond acceptors (Lipinski definition) is 3. The molecular formula is C26H30N4O. The van der Waals surface area contributed by atoms with Crippen molar-refractivity contribution in [1.82, 2.24) is 20.1 Å². The van der Waals surface area contributed by atoms with Crippen LogP contribution in [0, 0.1) is 31.6 Å². The van der Waals surface area contributed by atoms with E-state index in [1.807, 2.05) is 49.0 Å². The predicted octanol–water partition coefficient (Wildman–Crippen LogP) is 4.95. The van der Waals surface area contributed by atoms with Crippen LogP contribution in [-0.4, -0.2) is 26.2 Å². The summed E-state index contributed by atoms with van der Waals surface area (Å²) in [7, 11) is 1.95. The molecule has 4 fully saturated rings. The lowest BCUT2D eigenvalue weighted by Gasteiger charge is -2.56. The minimum atomic E-state index is -0.00347. The highest BCUT2D eigenvalue weighted by molar-refractivity contribution is 6.07. The van der Waals surface area contributed by atoms with E-state index >= 15 is 0 Å². The van der Waals surface area contributed by atoms with Crippen LogP contribution in [0.1, 0.15) is 60.3 Å². The highest BCUT2D eigenvalue weighted by atomic mass is 16.1. The van der Waals surface area contributed by atoms with Gasteiger partial charge in [-0.25, -0.2) is 4.98 Å². The summed E-state index contributed by atoms with van der Waals surface area (Å²) in [6.07, 6.45) is 7.58. The van der Waals surface area contributed by atoms with Crippen LogP contribution in [0.5, 0.6) is 0 Å². The monoisotopic (exact) mass is 414 g/mol. The third-order valence-electron chi connectivity index (χ3n) is 8.14. The number of para-hydroxylation sites is 1. The van der Waals surface area contributed by atoms with Crippen molar-refractivity contribution in [2.75, 3.05) is 0 Å². The Labute approximate surface area is 183 Å². The van der Waals surface area contributed by atoms with Gasteiger partial charge in [-0.2, -0.15) is 5.10 Å². The quantitative estimate of drug-likeness (QED) is 0.660. The van der Waals surface area contributed by atoms with E-state index in [1.165, 1.54) is 19.3 Å². The van der Waals surface area contributed by atoms with Gasteiger partial charge in [-0.05, 0) is 82.3 Å². The molecule has 1 N–H and O–H groups in total. The van der Waals surface area contributed by atoms with Gasteiger partial charge in [-0.1, -0.05) is 18.2 Å². The number of hydrogen-bond donors (Lipinski definition) is 1. The standard InChI is InChI=1S/C26H30N4O/c1-15-24(16(2)30(3)29-15)23-11-21(20-6-4-5-7-22(20)27-23)25(31)28-26-12-17-8-18(13-26)10-19(9-17)14-26/h4-7,11,17-19H,8-10,12-14H2,1-3H3,(H,28,31). The summed E-state index contributed by atoms with van der Waals surface area (Å²) < 4.78 is 1.89. The number of aromatic nitrogens is 3. The van der Waals surface area contributed by atoms with Gasteiger partial charge in [0.1, 0.15) is 0 Å². The van der Waals surface area contributed by atoms with E-state index in [0.29, 0.717) is 0 Å². The van der Waals surface area contributed by atoms with Crippen molar-refractivity contribution in [3.63, 3.8) is 0 Å². The summed E-state index contributed by atoms with van der Waals surface area (Å²) in [5, 5.41) is 9.05. The molecule has 1 amide bonds. The van der Waals surface area contributed by atoms with Crippen molar-refractivity contribution in [3.8, 4) is 11.3 Å². The van der Waals surface area contributed by atoms with Crippen molar-refractivity contribution in [2.45, 2.75) is 57.9 Å². The topological polar surface area (TPSA) is 59.8 Å². The van der Waals surface area contributed by atoms with Crippen LogP contribution in [0.2, 0.25) is 0 Å². The van der Waals surface area contributed by atoms with Gasteiger partial charge in [-0.3, -0.25) is 9.48 Å². The zero-order chi connectivity index (χ0) is 21.3. The van der Waals surface area contributed by atoms with Gasteiger partial charge < -0.3 is 5.32 Å². The van der Waals surface area contributed by atoms with Gasteiger partial charge in [0.25, 0.3) is 5.91 Å². The molecule has 160 valence electrons. The number of nitrogens with zero attached hydrogens (tertiary/aromatic N) is 3. The van der Waals surface area contributed by atoms with Crippen LogP contribution in [0.15, 0.2) is 30.3 Å². The van der Waals surface area contributed by atoms with Gasteiger partial charge in [0, 0.05) is 29.2 Å². The smallest absolute Gasteiger partial charge is 0.252 e. The zero-order valence-electron chi connectivity index (χ0n) is 18.6. The number of rotatable bonds is 3. The number of pyridine rings is 1. The molecule has 0 saturated heterocycles. The van der Waals surface area contributed by atoms with Crippen LogP contribution < -0.4 is 5.32 Å². The molecule has 2 aromatic heterocycles. The molecular weight excluding hydrogens is 384 g/mol. The SMILES string of the molecule is Cc1nn(C)c(C)c1-c1cc(C(=O)NC23CC4CC(CC(C4)C2)C3)c2ccccc2n1. The number of nitrogens with one attached hydrogen (secondary N) is 1. The lowest BCUT2D eigenvalue weighted by atomic mass is 9.53. The first kappa shape index (κ1) is 19.0. The predicted molar refractivity (Wildman–Crippen MR) is 122 cm³/mol. The second-order valence-electron chi connectivity index (χ2n) is 10.4. The maximum absolute atomic E-state index is 13.7. The molecule has 2 heterocycles. The summed E-state index contributed by atoms with van der Waals surface area (Å²) >= 11 is 0. The number of aryl methyl sites for hydroxylation is 2. The third-order valence-corrected chi connectivity index (χ3v) is 8.14. The largest absolute Gasteiger partial charge is 0.347 e. The summed E-state index contributed by atoms with van der Waals surface area (Å²) in [6, 6.07) is 9.98. The van der Waals surface area contributed by atoms with E-state index in [1.54, 1.807) is 0 Å². The zero-order valence-corrected chi connectivity index (χ0v) is 18.6. The van der Waals surface area contributed by atoms with Crippen LogP contribution in [-0.2, 0) is 7.05 Å². The van der Waals surface area contributed by atoms with Crippen molar-refractivity contribution >= 4 is 16.8 Å². The second-order valence-corrected chi connectivity index (χ2v) is 10.4. The van der Waals surface area contributed by atoms with Crippen molar-refractivity contribution < 1.29 is 4.79 Å². The Morgan fingerprint density at radius 2 is 1.71 bits per heavy atom.